The predicted octanol–water partition coefficient (Wildman–Crippen LogP) is 3.16. The van der Waals surface area contributed by atoms with Gasteiger partial charge in [0, 0.05) is 5.92 Å². The first-order valence-corrected chi connectivity index (χ1v) is 11.3. The Morgan fingerprint density at radius 2 is 1.27 bits per heavy atom. The van der Waals surface area contributed by atoms with Crippen molar-refractivity contribution in [3.05, 3.63) is 108 Å². The lowest BCUT2D eigenvalue weighted by molar-refractivity contribution is -0.870. The van der Waals surface area contributed by atoms with Crippen LogP contribution in [0, 0.1) is 0 Å². The van der Waals surface area contributed by atoms with Gasteiger partial charge in [-0.3, -0.25) is 0 Å². The Morgan fingerprint density at radius 1 is 0.848 bits per heavy atom. The third kappa shape index (κ3) is 7.52. The molecule has 5 nitrogen and oxygen atoms in total. The van der Waals surface area contributed by atoms with Crippen LogP contribution in [0.2, 0.25) is 0 Å². The highest BCUT2D eigenvalue weighted by atomic mass is 16.6. The number of quaternary nitrogens is 1. The molecule has 0 fully saturated rings. The molecular formula is C27H36BNO4. The Bertz CT molecular complexity index is 876. The minimum atomic E-state index is -2.15. The molecule has 0 saturated heterocycles. The summed E-state index contributed by atoms with van der Waals surface area (Å²) in [4.78, 5) is 0. The van der Waals surface area contributed by atoms with Gasteiger partial charge in [-0.25, -0.2) is 0 Å². The fraction of sp³-hybridized carbons (Fsp3) is 0.333. The van der Waals surface area contributed by atoms with Crippen molar-refractivity contribution in [1.29, 1.82) is 0 Å². The molecular weight excluding hydrogens is 413 g/mol. The monoisotopic (exact) mass is 449 g/mol. The van der Waals surface area contributed by atoms with Crippen LogP contribution in [0.3, 0.4) is 0 Å². The van der Waals surface area contributed by atoms with Gasteiger partial charge in [0.15, 0.2) is 0 Å². The van der Waals surface area contributed by atoms with E-state index in [9.17, 15) is 10.0 Å². The van der Waals surface area contributed by atoms with E-state index in [1.165, 1.54) is 0 Å². The van der Waals surface area contributed by atoms with E-state index in [1.54, 1.807) is 0 Å². The first kappa shape index (κ1) is 26.8. The summed E-state index contributed by atoms with van der Waals surface area (Å²) in [6.45, 7) is 3.18. The molecule has 1 atom stereocenters. The molecule has 0 radical (unpaired) electrons. The highest BCUT2D eigenvalue weighted by Crippen LogP contribution is 2.47. The predicted molar refractivity (Wildman–Crippen MR) is 132 cm³/mol. The molecule has 0 bridgehead atoms. The number of aliphatic hydroxyl groups is 1. The largest absolute Gasteiger partial charge is 0.832 e. The van der Waals surface area contributed by atoms with Crippen molar-refractivity contribution in [3.8, 4) is 0 Å². The summed E-state index contributed by atoms with van der Waals surface area (Å²) in [6, 6.07) is 29.3. The summed E-state index contributed by atoms with van der Waals surface area (Å²) in [5.74, 6) is -0.142. The van der Waals surface area contributed by atoms with Crippen molar-refractivity contribution in [3.63, 3.8) is 0 Å². The molecule has 33 heavy (non-hydrogen) atoms. The van der Waals surface area contributed by atoms with Crippen LogP contribution in [0.15, 0.2) is 91.0 Å². The molecule has 0 aliphatic carbocycles. The number of benzene rings is 3. The van der Waals surface area contributed by atoms with E-state index < -0.39 is 12.9 Å². The second kappa shape index (κ2) is 12.7. The maximum absolute atomic E-state index is 11.9. The van der Waals surface area contributed by atoms with E-state index in [1.807, 2.05) is 91.0 Å². The van der Waals surface area contributed by atoms with E-state index in [4.69, 9.17) is 9.76 Å². The van der Waals surface area contributed by atoms with Crippen molar-refractivity contribution in [1.82, 2.24) is 0 Å². The van der Waals surface area contributed by atoms with Crippen LogP contribution >= 0.6 is 0 Å². The molecule has 0 aliphatic rings. The molecule has 0 heterocycles. The Balaban J connectivity index is 0.000000479. The molecule has 0 aliphatic heterocycles. The van der Waals surface area contributed by atoms with Crippen molar-refractivity contribution in [2.24, 2.45) is 0 Å². The topological polar surface area (TPSA) is 72.8 Å². The van der Waals surface area contributed by atoms with Crippen LogP contribution in [0.5, 0.6) is 0 Å². The zero-order chi connectivity index (χ0) is 24.3. The molecule has 0 spiro atoms. The lowest BCUT2D eigenvalue weighted by atomic mass is 9.71. The lowest BCUT2D eigenvalue weighted by Gasteiger charge is -2.44. The molecule has 2 N–H and O–H groups in total. The number of hydrogen-bond acceptors (Lipinski definition) is 4. The van der Waals surface area contributed by atoms with Crippen LogP contribution in [0.1, 0.15) is 36.0 Å². The maximum Gasteiger partial charge on any atom is 0.343 e. The van der Waals surface area contributed by atoms with Crippen LogP contribution < -0.4 is 5.02 Å². The standard InChI is InChI=1S/C22H22BO3.C5H14NO/c1-2-21(18-12-6-3-7-13-18)22(26-23(24)25,19-14-8-4-9-15-19)20-16-10-5-11-17-20;1-6(2,3)4-5-7/h3-17,21,24H,2H2,1H3;7H,4-5H2,1-3H3/q-1;+1. The van der Waals surface area contributed by atoms with Gasteiger partial charge < -0.3 is 24.3 Å². The Hall–Kier alpha value is -2.48. The van der Waals surface area contributed by atoms with Gasteiger partial charge in [-0.2, -0.15) is 0 Å². The third-order valence-electron chi connectivity index (χ3n) is 5.56. The fourth-order valence-corrected chi connectivity index (χ4v) is 4.06. The van der Waals surface area contributed by atoms with Gasteiger partial charge in [0.25, 0.3) is 0 Å². The van der Waals surface area contributed by atoms with Crippen LogP contribution in [0.4, 0.5) is 0 Å². The van der Waals surface area contributed by atoms with Gasteiger partial charge in [0.1, 0.15) is 12.1 Å². The molecule has 3 aromatic carbocycles. The van der Waals surface area contributed by atoms with E-state index in [0.29, 0.717) is 0 Å². The summed E-state index contributed by atoms with van der Waals surface area (Å²) in [6.07, 6.45) is 0.737. The lowest BCUT2D eigenvalue weighted by Crippen LogP contribution is -2.48. The quantitative estimate of drug-likeness (QED) is 0.389. The number of nitrogens with zero attached hydrogens (tertiary/aromatic N) is 1. The number of rotatable bonds is 9. The highest BCUT2D eigenvalue weighted by molar-refractivity contribution is 6.30. The zero-order valence-corrected chi connectivity index (χ0v) is 20.1. The van der Waals surface area contributed by atoms with Crippen molar-refractivity contribution in [2.45, 2.75) is 24.9 Å². The first-order chi connectivity index (χ1) is 15.7. The second-order valence-corrected chi connectivity index (χ2v) is 9.00. The van der Waals surface area contributed by atoms with Gasteiger partial charge in [0.05, 0.1) is 27.7 Å². The summed E-state index contributed by atoms with van der Waals surface area (Å²) in [5.41, 5.74) is 1.66. The second-order valence-electron chi connectivity index (χ2n) is 9.00. The van der Waals surface area contributed by atoms with Gasteiger partial charge in [-0.1, -0.05) is 97.9 Å². The average Bonchev–Trinajstić information content (AvgIpc) is 2.80. The molecule has 3 aromatic rings. The average molecular weight is 449 g/mol. The summed E-state index contributed by atoms with van der Waals surface area (Å²) in [5, 5.41) is 30.0. The van der Waals surface area contributed by atoms with Gasteiger partial charge >= 0.3 is 7.32 Å². The minimum Gasteiger partial charge on any atom is -0.832 e. The molecule has 1 unspecified atom stereocenters. The van der Waals surface area contributed by atoms with Crippen molar-refractivity contribution < 1.29 is 24.3 Å². The SMILES string of the molecule is CCC(c1ccccc1)C(OB([O-])O)(c1ccccc1)c1ccccc1.C[N+](C)(C)CCO. The maximum atomic E-state index is 11.9. The number of hydrogen-bond donors (Lipinski definition) is 2. The van der Waals surface area contributed by atoms with Crippen molar-refractivity contribution in [2.75, 3.05) is 34.3 Å². The molecule has 0 saturated carbocycles. The normalized spacial score (nSPS) is 12.5. The first-order valence-electron chi connectivity index (χ1n) is 11.3. The zero-order valence-electron chi connectivity index (χ0n) is 20.1. The van der Waals surface area contributed by atoms with E-state index in [-0.39, 0.29) is 12.5 Å². The Kier molecular flexibility index (Phi) is 10.3. The summed E-state index contributed by atoms with van der Waals surface area (Å²) in [7, 11) is 4.01. The summed E-state index contributed by atoms with van der Waals surface area (Å²) >= 11 is 0. The van der Waals surface area contributed by atoms with Crippen LogP contribution in [0.25, 0.3) is 0 Å². The third-order valence-corrected chi connectivity index (χ3v) is 5.56. The van der Waals surface area contributed by atoms with Crippen LogP contribution in [-0.2, 0) is 10.3 Å². The molecule has 176 valence electrons. The van der Waals surface area contributed by atoms with Crippen LogP contribution in [-0.4, -0.2) is 56.2 Å². The molecule has 3 rings (SSSR count). The molecule has 0 aromatic heterocycles. The highest BCUT2D eigenvalue weighted by Gasteiger charge is 2.43. The number of aliphatic hydroxyl groups excluding tert-OH is 1. The number of likely N-dealkylation sites (N-methyl/N-ethyl adjacent to an activating group) is 1. The van der Waals surface area contributed by atoms with Gasteiger partial charge in [0.2, 0.25) is 0 Å². The van der Waals surface area contributed by atoms with Gasteiger partial charge in [-0.05, 0) is 23.1 Å². The summed E-state index contributed by atoms with van der Waals surface area (Å²) < 4.78 is 6.66. The molecule has 6 heteroatoms. The smallest absolute Gasteiger partial charge is 0.343 e. The fourth-order valence-electron chi connectivity index (χ4n) is 4.06. The minimum absolute atomic E-state index is 0.142. The van der Waals surface area contributed by atoms with E-state index in [0.717, 1.165) is 34.1 Å². The molecule has 0 amide bonds. The van der Waals surface area contributed by atoms with Gasteiger partial charge in [-0.15, -0.1) is 0 Å². The van der Waals surface area contributed by atoms with Crippen molar-refractivity contribution >= 4 is 7.32 Å². The van der Waals surface area contributed by atoms with E-state index >= 15 is 0 Å². The Morgan fingerprint density at radius 3 is 1.58 bits per heavy atom. The van der Waals surface area contributed by atoms with E-state index in [2.05, 4.69) is 28.1 Å². The Labute approximate surface area is 198 Å².